The Morgan fingerprint density at radius 3 is 2.94 bits per heavy atom. The molecule has 0 aromatic carbocycles. The smallest absolute Gasteiger partial charge is 0.306 e. The lowest BCUT2D eigenvalue weighted by Gasteiger charge is -2.39. The highest BCUT2D eigenvalue weighted by Gasteiger charge is 2.38. The van der Waals surface area contributed by atoms with Gasteiger partial charge in [-0.2, -0.15) is 11.3 Å². The molecule has 1 aliphatic rings. The molecule has 0 spiro atoms. The summed E-state index contributed by atoms with van der Waals surface area (Å²) >= 11 is 1.69. The molecule has 2 atom stereocenters. The number of carboxylic acids is 1. The summed E-state index contributed by atoms with van der Waals surface area (Å²) in [7, 11) is 0. The predicted molar refractivity (Wildman–Crippen MR) is 70.3 cm³/mol. The maximum absolute atomic E-state index is 11.3. The molecule has 1 aromatic heterocycles. The third kappa shape index (κ3) is 3.09. The SMILES string of the molecule is CC1(C)CCC(C(=O)O)C(Cc2ccsc2)C1. The Bertz CT molecular complexity index is 381. The van der Waals surface area contributed by atoms with Crippen molar-refractivity contribution in [2.45, 2.75) is 39.5 Å². The first kappa shape index (κ1) is 12.6. The van der Waals surface area contributed by atoms with Crippen LogP contribution in [0.15, 0.2) is 16.8 Å². The second kappa shape index (κ2) is 4.81. The van der Waals surface area contributed by atoms with E-state index in [-0.39, 0.29) is 5.92 Å². The van der Waals surface area contributed by atoms with Gasteiger partial charge in [-0.25, -0.2) is 0 Å². The van der Waals surface area contributed by atoms with Crippen molar-refractivity contribution in [2.75, 3.05) is 0 Å². The van der Waals surface area contributed by atoms with Crippen molar-refractivity contribution in [2.24, 2.45) is 17.3 Å². The Morgan fingerprint density at radius 2 is 2.35 bits per heavy atom. The highest BCUT2D eigenvalue weighted by atomic mass is 32.1. The third-order valence-electron chi connectivity index (χ3n) is 3.91. The van der Waals surface area contributed by atoms with E-state index in [2.05, 4.69) is 30.7 Å². The first-order valence-electron chi connectivity index (χ1n) is 6.22. The summed E-state index contributed by atoms with van der Waals surface area (Å²) in [6.45, 7) is 4.51. The van der Waals surface area contributed by atoms with E-state index in [0.29, 0.717) is 11.3 Å². The van der Waals surface area contributed by atoms with Gasteiger partial charge in [0, 0.05) is 0 Å². The lowest BCUT2D eigenvalue weighted by atomic mass is 9.66. The number of hydrogen-bond donors (Lipinski definition) is 1. The van der Waals surface area contributed by atoms with Crippen LogP contribution in [0.4, 0.5) is 0 Å². The average molecular weight is 252 g/mol. The van der Waals surface area contributed by atoms with Gasteiger partial charge in [-0.1, -0.05) is 13.8 Å². The maximum atomic E-state index is 11.3. The molecule has 1 N–H and O–H groups in total. The van der Waals surface area contributed by atoms with Gasteiger partial charge < -0.3 is 5.11 Å². The van der Waals surface area contributed by atoms with Gasteiger partial charge in [0.15, 0.2) is 0 Å². The quantitative estimate of drug-likeness (QED) is 0.888. The largest absolute Gasteiger partial charge is 0.481 e. The summed E-state index contributed by atoms with van der Waals surface area (Å²) in [5.41, 5.74) is 1.59. The molecule has 3 heteroatoms. The van der Waals surface area contributed by atoms with Gasteiger partial charge in [-0.3, -0.25) is 4.79 Å². The molecule has 0 aliphatic heterocycles. The standard InChI is InChI=1S/C14H20O2S/c1-14(2)5-3-12(13(15)16)11(8-14)7-10-4-6-17-9-10/h4,6,9,11-12H,3,5,7-8H2,1-2H3,(H,15,16). The van der Waals surface area contributed by atoms with Crippen LogP contribution in [0.25, 0.3) is 0 Å². The van der Waals surface area contributed by atoms with Crippen LogP contribution in [0.1, 0.15) is 38.7 Å². The molecule has 1 saturated carbocycles. The van der Waals surface area contributed by atoms with Crippen molar-refractivity contribution in [3.05, 3.63) is 22.4 Å². The van der Waals surface area contributed by atoms with E-state index >= 15 is 0 Å². The molecule has 0 saturated heterocycles. The molecular formula is C14H20O2S. The highest BCUT2D eigenvalue weighted by molar-refractivity contribution is 7.07. The second-order valence-corrected chi connectivity index (χ2v) is 6.73. The lowest BCUT2D eigenvalue weighted by molar-refractivity contribution is -0.146. The normalized spacial score (nSPS) is 27.9. The topological polar surface area (TPSA) is 37.3 Å². The minimum Gasteiger partial charge on any atom is -0.481 e. The molecule has 17 heavy (non-hydrogen) atoms. The van der Waals surface area contributed by atoms with Crippen LogP contribution in [0, 0.1) is 17.3 Å². The van der Waals surface area contributed by atoms with E-state index in [9.17, 15) is 9.90 Å². The van der Waals surface area contributed by atoms with Crippen molar-refractivity contribution in [1.82, 2.24) is 0 Å². The molecule has 1 fully saturated rings. The van der Waals surface area contributed by atoms with E-state index in [1.54, 1.807) is 11.3 Å². The molecule has 1 heterocycles. The number of carboxylic acid groups (broad SMARTS) is 1. The van der Waals surface area contributed by atoms with Crippen molar-refractivity contribution in [3.8, 4) is 0 Å². The lowest BCUT2D eigenvalue weighted by Crippen LogP contribution is -2.35. The fraction of sp³-hybridized carbons (Fsp3) is 0.643. The molecule has 2 rings (SSSR count). The van der Waals surface area contributed by atoms with Gasteiger partial charge in [0.2, 0.25) is 0 Å². The average Bonchev–Trinajstić information content (AvgIpc) is 2.68. The zero-order chi connectivity index (χ0) is 12.5. The fourth-order valence-corrected chi connectivity index (χ4v) is 3.67. The summed E-state index contributed by atoms with van der Waals surface area (Å²) in [5, 5.41) is 13.5. The molecule has 1 aliphatic carbocycles. The number of thiophene rings is 1. The molecule has 94 valence electrons. The zero-order valence-corrected chi connectivity index (χ0v) is 11.3. The molecule has 0 amide bonds. The highest BCUT2D eigenvalue weighted by Crippen LogP contribution is 2.43. The van der Waals surface area contributed by atoms with Gasteiger partial charge in [-0.15, -0.1) is 0 Å². The molecule has 2 nitrogen and oxygen atoms in total. The van der Waals surface area contributed by atoms with Crippen molar-refractivity contribution in [3.63, 3.8) is 0 Å². The van der Waals surface area contributed by atoms with Crippen molar-refractivity contribution >= 4 is 17.3 Å². The van der Waals surface area contributed by atoms with Crippen LogP contribution in [0.3, 0.4) is 0 Å². The first-order chi connectivity index (χ1) is 7.98. The fourth-order valence-electron chi connectivity index (χ4n) is 2.99. The summed E-state index contributed by atoms with van der Waals surface area (Å²) < 4.78 is 0. The van der Waals surface area contributed by atoms with Crippen LogP contribution in [-0.4, -0.2) is 11.1 Å². The van der Waals surface area contributed by atoms with E-state index in [1.165, 1.54) is 5.56 Å². The van der Waals surface area contributed by atoms with Crippen LogP contribution in [0.2, 0.25) is 0 Å². The van der Waals surface area contributed by atoms with E-state index in [1.807, 2.05) is 0 Å². The molecule has 0 radical (unpaired) electrons. The Labute approximate surface area is 107 Å². The monoisotopic (exact) mass is 252 g/mol. The summed E-state index contributed by atoms with van der Waals surface area (Å²) in [6.07, 6.45) is 3.81. The van der Waals surface area contributed by atoms with E-state index in [4.69, 9.17) is 0 Å². The van der Waals surface area contributed by atoms with Gasteiger partial charge >= 0.3 is 5.97 Å². The Morgan fingerprint density at radius 1 is 1.59 bits per heavy atom. The Kier molecular flexibility index (Phi) is 3.57. The van der Waals surface area contributed by atoms with Crippen LogP contribution >= 0.6 is 11.3 Å². The van der Waals surface area contributed by atoms with Crippen molar-refractivity contribution in [1.29, 1.82) is 0 Å². The minimum absolute atomic E-state index is 0.150. The van der Waals surface area contributed by atoms with Gasteiger partial charge in [0.25, 0.3) is 0 Å². The van der Waals surface area contributed by atoms with Crippen LogP contribution < -0.4 is 0 Å². The van der Waals surface area contributed by atoms with E-state index < -0.39 is 5.97 Å². The Hall–Kier alpha value is -0.830. The van der Waals surface area contributed by atoms with Gasteiger partial charge in [0.1, 0.15) is 0 Å². The maximum Gasteiger partial charge on any atom is 0.306 e. The summed E-state index contributed by atoms with van der Waals surface area (Å²) in [5.74, 6) is -0.463. The second-order valence-electron chi connectivity index (χ2n) is 5.95. The summed E-state index contributed by atoms with van der Waals surface area (Å²) in [4.78, 5) is 11.3. The molecule has 0 bridgehead atoms. The van der Waals surface area contributed by atoms with Crippen LogP contribution in [0.5, 0.6) is 0 Å². The molecule has 2 unspecified atom stereocenters. The Balaban J connectivity index is 2.11. The number of aliphatic carboxylic acids is 1. The number of carbonyl (C=O) groups is 1. The summed E-state index contributed by atoms with van der Waals surface area (Å²) in [6, 6.07) is 2.12. The first-order valence-corrected chi connectivity index (χ1v) is 7.16. The predicted octanol–water partition coefficient (Wildman–Crippen LogP) is 3.82. The molecule has 1 aromatic rings. The van der Waals surface area contributed by atoms with E-state index in [0.717, 1.165) is 25.7 Å². The number of rotatable bonds is 3. The van der Waals surface area contributed by atoms with Gasteiger partial charge in [-0.05, 0) is 59.4 Å². The van der Waals surface area contributed by atoms with Gasteiger partial charge in [0.05, 0.1) is 5.92 Å². The zero-order valence-electron chi connectivity index (χ0n) is 10.5. The third-order valence-corrected chi connectivity index (χ3v) is 4.64. The van der Waals surface area contributed by atoms with Crippen LogP contribution in [-0.2, 0) is 11.2 Å². The number of hydrogen-bond acceptors (Lipinski definition) is 2. The minimum atomic E-state index is -0.610. The molecular weight excluding hydrogens is 232 g/mol. The van der Waals surface area contributed by atoms with Crippen molar-refractivity contribution < 1.29 is 9.90 Å².